The number of hydrogen-bond donors (Lipinski definition) is 0. The van der Waals surface area contributed by atoms with E-state index in [2.05, 4.69) is 43.0 Å². The third-order valence-electron chi connectivity index (χ3n) is 3.99. The van der Waals surface area contributed by atoms with Gasteiger partial charge < -0.3 is 4.90 Å². The van der Waals surface area contributed by atoms with Crippen molar-refractivity contribution in [1.29, 1.82) is 0 Å². The normalized spacial score (nSPS) is 17.2. The summed E-state index contributed by atoms with van der Waals surface area (Å²) in [6.07, 6.45) is 2.00. The van der Waals surface area contributed by atoms with E-state index in [1.54, 1.807) is 6.92 Å². The molecule has 0 radical (unpaired) electrons. The molecule has 1 fully saturated rings. The van der Waals surface area contributed by atoms with Crippen molar-refractivity contribution in [2.75, 3.05) is 18.0 Å². The largest absolute Gasteiger partial charge is 0.371 e. The summed E-state index contributed by atoms with van der Waals surface area (Å²) in [6.45, 7) is 8.16. The van der Waals surface area contributed by atoms with E-state index in [-0.39, 0.29) is 5.92 Å². The molecule has 0 amide bonds. The fraction of sp³-hybridized carbons (Fsp3) is 0.562. The molecule has 0 N–H and O–H groups in total. The van der Waals surface area contributed by atoms with Gasteiger partial charge >= 0.3 is 0 Å². The first kappa shape index (κ1) is 13.1. The zero-order valence-corrected chi connectivity index (χ0v) is 11.6. The summed E-state index contributed by atoms with van der Waals surface area (Å²) in [7, 11) is 0. The molecule has 2 rings (SSSR count). The van der Waals surface area contributed by atoms with Crippen LogP contribution in [0.15, 0.2) is 24.3 Å². The van der Waals surface area contributed by atoms with Gasteiger partial charge in [-0.15, -0.1) is 0 Å². The zero-order valence-electron chi connectivity index (χ0n) is 11.6. The van der Waals surface area contributed by atoms with Crippen LogP contribution in [0.3, 0.4) is 0 Å². The second-order valence-corrected chi connectivity index (χ2v) is 5.62. The summed E-state index contributed by atoms with van der Waals surface area (Å²) >= 11 is 0. The van der Waals surface area contributed by atoms with E-state index < -0.39 is 0 Å². The Labute approximate surface area is 110 Å². The Morgan fingerprint density at radius 3 is 2.17 bits per heavy atom. The molecule has 2 heteroatoms. The molecule has 18 heavy (non-hydrogen) atoms. The number of benzene rings is 1. The quantitative estimate of drug-likeness (QED) is 0.810. The number of carbonyl (C=O) groups excluding carboxylic acids is 1. The average Bonchev–Trinajstić information content (AvgIpc) is 2.39. The fourth-order valence-corrected chi connectivity index (χ4v) is 2.61. The molecule has 0 bridgehead atoms. The Morgan fingerprint density at radius 2 is 1.72 bits per heavy atom. The first-order chi connectivity index (χ1) is 8.58. The highest BCUT2D eigenvalue weighted by molar-refractivity contribution is 5.78. The summed E-state index contributed by atoms with van der Waals surface area (Å²) in [4.78, 5) is 13.7. The van der Waals surface area contributed by atoms with Crippen LogP contribution in [-0.4, -0.2) is 18.9 Å². The van der Waals surface area contributed by atoms with E-state index in [0.717, 1.165) is 25.9 Å². The summed E-state index contributed by atoms with van der Waals surface area (Å²) in [5.41, 5.74) is 2.68. The topological polar surface area (TPSA) is 20.3 Å². The molecule has 1 aromatic rings. The van der Waals surface area contributed by atoms with E-state index in [4.69, 9.17) is 0 Å². The monoisotopic (exact) mass is 245 g/mol. The van der Waals surface area contributed by atoms with Crippen LogP contribution in [0.1, 0.15) is 45.1 Å². The lowest BCUT2D eigenvalue weighted by Gasteiger charge is -2.32. The molecule has 0 atom stereocenters. The van der Waals surface area contributed by atoms with Gasteiger partial charge in [0.2, 0.25) is 0 Å². The van der Waals surface area contributed by atoms with Crippen molar-refractivity contribution in [1.82, 2.24) is 0 Å². The van der Waals surface area contributed by atoms with Crippen molar-refractivity contribution >= 4 is 11.5 Å². The van der Waals surface area contributed by atoms with E-state index in [1.165, 1.54) is 11.3 Å². The Bertz CT molecular complexity index is 400. The lowest BCUT2D eigenvalue weighted by atomic mass is 9.93. The van der Waals surface area contributed by atoms with E-state index in [0.29, 0.717) is 11.7 Å². The lowest BCUT2D eigenvalue weighted by Crippen LogP contribution is -2.35. The van der Waals surface area contributed by atoms with Crippen molar-refractivity contribution in [3.05, 3.63) is 29.8 Å². The molecule has 98 valence electrons. The minimum Gasteiger partial charge on any atom is -0.371 e. The van der Waals surface area contributed by atoms with E-state index in [9.17, 15) is 4.79 Å². The molecule has 0 spiro atoms. The van der Waals surface area contributed by atoms with E-state index in [1.807, 2.05) is 0 Å². The molecular weight excluding hydrogens is 222 g/mol. The number of piperidine rings is 1. The molecule has 2 nitrogen and oxygen atoms in total. The van der Waals surface area contributed by atoms with Crippen molar-refractivity contribution in [2.24, 2.45) is 5.92 Å². The summed E-state index contributed by atoms with van der Waals surface area (Å²) in [6, 6.07) is 8.86. The minimum atomic E-state index is 0.288. The fourth-order valence-electron chi connectivity index (χ4n) is 2.61. The van der Waals surface area contributed by atoms with Crippen LogP contribution in [0.2, 0.25) is 0 Å². The number of Topliss-reactive ketones (excluding diaryl/α,β-unsaturated/α-hetero) is 1. The Balaban J connectivity index is 1.99. The van der Waals surface area contributed by atoms with Gasteiger partial charge in [0.15, 0.2) is 0 Å². The van der Waals surface area contributed by atoms with Crippen LogP contribution >= 0.6 is 0 Å². The molecule has 0 aliphatic carbocycles. The smallest absolute Gasteiger partial charge is 0.133 e. The molecular formula is C16H23NO. The van der Waals surface area contributed by atoms with Gasteiger partial charge in [0.1, 0.15) is 5.78 Å². The maximum Gasteiger partial charge on any atom is 0.133 e. The second kappa shape index (κ2) is 5.55. The average molecular weight is 245 g/mol. The van der Waals surface area contributed by atoms with E-state index >= 15 is 0 Å². The van der Waals surface area contributed by atoms with Gasteiger partial charge in [0.05, 0.1) is 0 Å². The SMILES string of the molecule is CC(=O)C1CCN(c2ccc(C(C)C)cc2)CC1. The number of carbonyl (C=O) groups is 1. The third-order valence-corrected chi connectivity index (χ3v) is 3.99. The summed E-state index contributed by atoms with van der Waals surface area (Å²) in [5, 5.41) is 0. The first-order valence-corrected chi connectivity index (χ1v) is 6.93. The highest BCUT2D eigenvalue weighted by atomic mass is 16.1. The van der Waals surface area contributed by atoms with Gasteiger partial charge in [0, 0.05) is 24.7 Å². The van der Waals surface area contributed by atoms with Gasteiger partial charge in [-0.3, -0.25) is 4.79 Å². The maximum atomic E-state index is 11.3. The van der Waals surface area contributed by atoms with Crippen LogP contribution in [-0.2, 0) is 4.79 Å². The predicted molar refractivity (Wildman–Crippen MR) is 76.1 cm³/mol. The van der Waals surface area contributed by atoms with Crippen LogP contribution in [0.5, 0.6) is 0 Å². The molecule has 1 aliphatic heterocycles. The Kier molecular flexibility index (Phi) is 4.05. The van der Waals surface area contributed by atoms with Crippen molar-refractivity contribution in [3.8, 4) is 0 Å². The Hall–Kier alpha value is -1.31. The molecule has 0 unspecified atom stereocenters. The predicted octanol–water partition coefficient (Wildman–Crippen LogP) is 3.62. The Morgan fingerprint density at radius 1 is 1.17 bits per heavy atom. The minimum absolute atomic E-state index is 0.288. The standard InChI is InChI=1S/C16H23NO/c1-12(2)14-4-6-16(7-5-14)17-10-8-15(9-11-17)13(3)18/h4-7,12,15H,8-11H2,1-3H3. The summed E-state index contributed by atoms with van der Waals surface area (Å²) in [5.74, 6) is 1.23. The van der Waals surface area contributed by atoms with Gasteiger partial charge in [-0.1, -0.05) is 26.0 Å². The molecule has 0 saturated carbocycles. The number of nitrogens with zero attached hydrogens (tertiary/aromatic N) is 1. The molecule has 1 saturated heterocycles. The van der Waals surface area contributed by atoms with Crippen LogP contribution < -0.4 is 4.90 Å². The van der Waals surface area contributed by atoms with Gasteiger partial charge in [-0.25, -0.2) is 0 Å². The van der Waals surface area contributed by atoms with Gasteiger partial charge in [-0.05, 0) is 43.4 Å². The maximum absolute atomic E-state index is 11.3. The van der Waals surface area contributed by atoms with Crippen LogP contribution in [0, 0.1) is 5.92 Å². The number of ketones is 1. The van der Waals surface area contributed by atoms with Crippen molar-refractivity contribution < 1.29 is 4.79 Å². The first-order valence-electron chi connectivity index (χ1n) is 6.93. The number of anilines is 1. The van der Waals surface area contributed by atoms with Crippen molar-refractivity contribution in [2.45, 2.75) is 39.5 Å². The second-order valence-electron chi connectivity index (χ2n) is 5.62. The van der Waals surface area contributed by atoms with Gasteiger partial charge in [-0.2, -0.15) is 0 Å². The molecule has 1 aliphatic rings. The zero-order chi connectivity index (χ0) is 13.1. The third kappa shape index (κ3) is 2.92. The summed E-state index contributed by atoms with van der Waals surface area (Å²) < 4.78 is 0. The van der Waals surface area contributed by atoms with Gasteiger partial charge in [0.25, 0.3) is 0 Å². The number of rotatable bonds is 3. The highest BCUT2D eigenvalue weighted by Crippen LogP contribution is 2.25. The number of hydrogen-bond acceptors (Lipinski definition) is 2. The lowest BCUT2D eigenvalue weighted by molar-refractivity contribution is -0.121. The molecule has 1 heterocycles. The van der Waals surface area contributed by atoms with Crippen LogP contribution in [0.4, 0.5) is 5.69 Å². The van der Waals surface area contributed by atoms with Crippen molar-refractivity contribution in [3.63, 3.8) is 0 Å². The van der Waals surface area contributed by atoms with Crippen LogP contribution in [0.25, 0.3) is 0 Å². The molecule has 1 aromatic carbocycles. The highest BCUT2D eigenvalue weighted by Gasteiger charge is 2.22. The molecule has 0 aromatic heterocycles.